The van der Waals surface area contributed by atoms with Gasteiger partial charge in [0, 0.05) is 66.7 Å². The molecule has 2 aromatic rings. The smallest absolute Gasteiger partial charge is 0.333 e. The fraction of sp³-hybridized carbons (Fsp3) is 0.488. The van der Waals surface area contributed by atoms with E-state index in [1.165, 1.54) is 43.9 Å². The van der Waals surface area contributed by atoms with Gasteiger partial charge in [-0.2, -0.15) is 21.4 Å². The molecule has 5 rings (SSSR count). The molecular weight excluding hydrogens is 797 g/mol. The van der Waals surface area contributed by atoms with Crippen LogP contribution >= 0.6 is 0 Å². The van der Waals surface area contributed by atoms with E-state index < -0.39 is 48.8 Å². The molecule has 0 bridgehead atoms. The van der Waals surface area contributed by atoms with Crippen molar-refractivity contribution in [2.45, 2.75) is 115 Å². The summed E-state index contributed by atoms with van der Waals surface area (Å²) in [6, 6.07) is 9.15. The van der Waals surface area contributed by atoms with E-state index in [0.29, 0.717) is 37.4 Å². The number of allylic oxidation sites excluding steroid dienone is 6. The average Bonchev–Trinajstić information content (AvgIpc) is 3.69. The van der Waals surface area contributed by atoms with Crippen molar-refractivity contribution in [1.29, 1.82) is 0 Å². The van der Waals surface area contributed by atoms with E-state index in [9.17, 15) is 40.3 Å². The summed E-state index contributed by atoms with van der Waals surface area (Å²) in [6.45, 7) is 21.2. The van der Waals surface area contributed by atoms with Crippen LogP contribution in [0, 0.1) is 0 Å². The summed E-state index contributed by atoms with van der Waals surface area (Å²) in [5.74, 6) is -1.71. The van der Waals surface area contributed by atoms with Crippen molar-refractivity contribution in [3.8, 4) is 0 Å². The number of hydroxylamine groups is 2. The van der Waals surface area contributed by atoms with E-state index in [-0.39, 0.29) is 29.1 Å². The largest absolute Gasteiger partial charge is 0.344 e. The Labute approximate surface area is 349 Å². The molecule has 0 spiro atoms. The minimum absolute atomic E-state index is 0.0272. The van der Waals surface area contributed by atoms with Gasteiger partial charge in [-0.05, 0) is 95.2 Å². The first kappa shape index (κ1) is 47.2. The number of likely N-dealkylation sites (N-methyl/N-ethyl adjacent to an activating group) is 1. The Morgan fingerprint density at radius 3 is 1.92 bits per heavy atom. The van der Waals surface area contributed by atoms with Crippen LogP contribution in [0.25, 0.3) is 0 Å². The van der Waals surface area contributed by atoms with Gasteiger partial charge in [0.25, 0.3) is 32.1 Å². The molecule has 0 saturated carbocycles. The number of unbranched alkanes of at least 4 members (excludes halogenated alkanes) is 2. The highest BCUT2D eigenvalue weighted by Gasteiger charge is 2.45. The lowest BCUT2D eigenvalue weighted by molar-refractivity contribution is -0.438. The van der Waals surface area contributed by atoms with E-state index >= 15 is 0 Å². The van der Waals surface area contributed by atoms with Crippen molar-refractivity contribution in [2.75, 3.05) is 37.6 Å². The fourth-order valence-corrected chi connectivity index (χ4v) is 8.77. The fourth-order valence-electron chi connectivity index (χ4n) is 7.76. The second-order valence-electron chi connectivity index (χ2n) is 15.6. The zero-order chi connectivity index (χ0) is 43.9. The third-order valence-corrected chi connectivity index (χ3v) is 12.9. The molecular formula is C43H59N4O10S2+. The van der Waals surface area contributed by atoms with Gasteiger partial charge < -0.3 is 14.6 Å². The van der Waals surface area contributed by atoms with Gasteiger partial charge in [0.1, 0.15) is 6.54 Å². The first-order valence-electron chi connectivity index (χ1n) is 20.1. The van der Waals surface area contributed by atoms with Gasteiger partial charge in [-0.1, -0.05) is 52.8 Å². The lowest BCUT2D eigenvalue weighted by Gasteiger charge is -2.25. The van der Waals surface area contributed by atoms with Gasteiger partial charge in [0.05, 0.1) is 15.2 Å². The average molecular weight is 856 g/mol. The Bertz CT molecular complexity index is 2250. The van der Waals surface area contributed by atoms with E-state index in [1.54, 1.807) is 12.1 Å². The molecule has 2 amide bonds. The molecule has 1 fully saturated rings. The van der Waals surface area contributed by atoms with Gasteiger partial charge in [0.2, 0.25) is 5.69 Å². The molecule has 16 heteroatoms. The Morgan fingerprint density at radius 2 is 1.37 bits per heavy atom. The van der Waals surface area contributed by atoms with Crippen LogP contribution < -0.4 is 4.90 Å². The van der Waals surface area contributed by atoms with Crippen LogP contribution in [0.1, 0.15) is 105 Å². The molecule has 3 heterocycles. The maximum absolute atomic E-state index is 12.3. The number of benzene rings is 2. The number of hydrogen-bond donors (Lipinski definition) is 2. The molecule has 0 aliphatic carbocycles. The summed E-state index contributed by atoms with van der Waals surface area (Å²) in [4.78, 5) is 44.8. The van der Waals surface area contributed by atoms with Crippen molar-refractivity contribution in [2.24, 2.45) is 0 Å². The van der Waals surface area contributed by atoms with Gasteiger partial charge >= 0.3 is 5.97 Å². The summed E-state index contributed by atoms with van der Waals surface area (Å²) in [7, 11) is -8.80. The number of rotatable bonds is 16. The van der Waals surface area contributed by atoms with E-state index in [4.69, 9.17) is 4.84 Å². The predicted octanol–water partition coefficient (Wildman–Crippen LogP) is 6.89. The topological polar surface area (TPSA) is 182 Å². The minimum atomic E-state index is -4.44. The molecule has 3 aliphatic rings. The molecule has 0 aromatic heterocycles. The highest BCUT2D eigenvalue weighted by Crippen LogP contribution is 2.48. The Balaban J connectivity index is 0.00000101. The number of anilines is 1. The maximum Gasteiger partial charge on any atom is 0.333 e. The normalized spacial score (nSPS) is 18.1. The molecule has 0 atom stereocenters. The van der Waals surface area contributed by atoms with Crippen LogP contribution in [0.3, 0.4) is 0 Å². The van der Waals surface area contributed by atoms with Crippen LogP contribution in [0.2, 0.25) is 0 Å². The van der Waals surface area contributed by atoms with Gasteiger partial charge in [-0.3, -0.25) is 18.7 Å². The molecule has 1 saturated heterocycles. The van der Waals surface area contributed by atoms with E-state index in [2.05, 4.69) is 35.1 Å². The Kier molecular flexibility index (Phi) is 15.4. The summed E-state index contributed by atoms with van der Waals surface area (Å²) >= 11 is 0. The second kappa shape index (κ2) is 19.3. The van der Waals surface area contributed by atoms with Crippen molar-refractivity contribution >= 4 is 55.1 Å². The maximum atomic E-state index is 12.3. The number of carbonyl (C=O) groups is 3. The first-order valence-corrected chi connectivity index (χ1v) is 23.0. The minimum Gasteiger partial charge on any atom is -0.344 e. The lowest BCUT2D eigenvalue weighted by Crippen LogP contribution is -2.31. The number of imide groups is 1. The summed E-state index contributed by atoms with van der Waals surface area (Å²) in [5.41, 5.74) is 3.82. The molecule has 322 valence electrons. The van der Waals surface area contributed by atoms with Crippen molar-refractivity contribution in [3.05, 3.63) is 83.6 Å². The molecule has 0 unspecified atom stereocenters. The lowest BCUT2D eigenvalue weighted by atomic mass is 9.81. The highest BCUT2D eigenvalue weighted by molar-refractivity contribution is 7.86. The quantitative estimate of drug-likeness (QED) is 0.0588. The van der Waals surface area contributed by atoms with Gasteiger partial charge in [-0.25, -0.2) is 4.79 Å². The SMILES string of the molecule is CCN(CC)CC.CCN1C(=CC=CC=CC2=[N+](CCCCCC(=O)ON3C(=O)CCC3=O)c3ccc(S(=O)(=O)O)cc3C2(C)C)C(C)(C)c2cc(S(=O)(=O)O)ccc21. The van der Waals surface area contributed by atoms with Crippen molar-refractivity contribution in [1.82, 2.24) is 9.96 Å². The standard InChI is InChI=1S/C37H43N3O10S2.C6H15N/c1-6-38-29-18-16-25(51(44,45)46)23-27(29)36(2,3)31(38)13-9-7-10-14-32-37(4,5)28-24-26(52(47,48)49)17-19-30(28)39(32)22-12-8-11-15-35(43)50-40-33(41)20-21-34(40)42;1-4-7(5-2)6-3/h7,9-10,13-14,16-19,23-24H,6,8,11-12,15,20-22H2,1-5H3,(H-,44,45,46,47,48,49);4-6H2,1-3H3/p+1. The number of carbonyl (C=O) groups excluding carboxylic acids is 3. The summed E-state index contributed by atoms with van der Waals surface area (Å²) in [6.07, 6.45) is 11.4. The van der Waals surface area contributed by atoms with Gasteiger partial charge in [-0.15, -0.1) is 5.06 Å². The third kappa shape index (κ3) is 10.8. The summed E-state index contributed by atoms with van der Waals surface area (Å²) < 4.78 is 69.2. The van der Waals surface area contributed by atoms with E-state index in [0.717, 1.165) is 33.9 Å². The zero-order valence-electron chi connectivity index (χ0n) is 35.4. The molecule has 0 radical (unpaired) electrons. The van der Waals surface area contributed by atoms with Crippen LogP contribution in [-0.2, 0) is 50.3 Å². The van der Waals surface area contributed by atoms with Crippen LogP contribution in [-0.4, -0.2) is 96.7 Å². The Hall–Kier alpha value is -4.48. The third-order valence-electron chi connectivity index (χ3n) is 11.2. The Morgan fingerprint density at radius 1 is 0.797 bits per heavy atom. The van der Waals surface area contributed by atoms with Gasteiger partial charge in [0.15, 0.2) is 5.71 Å². The van der Waals surface area contributed by atoms with Crippen LogP contribution in [0.5, 0.6) is 0 Å². The molecule has 59 heavy (non-hydrogen) atoms. The number of hydrogen-bond acceptors (Lipinski definition) is 10. The second-order valence-corrected chi connectivity index (χ2v) is 18.5. The number of fused-ring (bicyclic) bond motifs is 2. The predicted molar refractivity (Wildman–Crippen MR) is 227 cm³/mol. The molecule has 3 aliphatic heterocycles. The monoisotopic (exact) mass is 855 g/mol. The number of amides is 2. The molecule has 2 N–H and O–H groups in total. The first-order chi connectivity index (χ1) is 27.6. The molecule has 2 aromatic carbocycles. The van der Waals surface area contributed by atoms with Crippen LogP contribution in [0.4, 0.5) is 11.4 Å². The number of nitrogens with zero attached hydrogens (tertiary/aromatic N) is 4. The highest BCUT2D eigenvalue weighted by atomic mass is 32.2. The summed E-state index contributed by atoms with van der Waals surface area (Å²) in [5, 5.41) is 0.542. The van der Waals surface area contributed by atoms with Crippen molar-refractivity contribution < 1.29 is 49.7 Å². The molecule has 14 nitrogen and oxygen atoms in total. The van der Waals surface area contributed by atoms with E-state index in [1.807, 2.05) is 65.0 Å². The van der Waals surface area contributed by atoms with Crippen LogP contribution in [0.15, 0.2) is 82.3 Å². The zero-order valence-corrected chi connectivity index (χ0v) is 37.0. The van der Waals surface area contributed by atoms with Crippen molar-refractivity contribution in [3.63, 3.8) is 0 Å².